The molecule has 1 amide bonds. The highest BCUT2D eigenvalue weighted by atomic mass is 16.3. The first-order chi connectivity index (χ1) is 11.1. The molecular weight excluding hydrogens is 292 g/mol. The zero-order valence-electron chi connectivity index (χ0n) is 13.5. The summed E-state index contributed by atoms with van der Waals surface area (Å²) < 4.78 is 0. The Morgan fingerprint density at radius 3 is 2.87 bits per heavy atom. The molecule has 1 aliphatic heterocycles. The molecule has 6 nitrogen and oxygen atoms in total. The highest BCUT2D eigenvalue weighted by molar-refractivity contribution is 5.95. The van der Waals surface area contributed by atoms with Crippen LogP contribution in [0.2, 0.25) is 0 Å². The summed E-state index contributed by atoms with van der Waals surface area (Å²) >= 11 is 0. The summed E-state index contributed by atoms with van der Waals surface area (Å²) in [5.41, 5.74) is 3.14. The minimum absolute atomic E-state index is 0.0230. The van der Waals surface area contributed by atoms with Crippen molar-refractivity contribution in [1.29, 1.82) is 0 Å². The molecule has 0 spiro atoms. The molecule has 0 unspecified atom stereocenters. The number of likely N-dealkylation sites (tertiary alicyclic amines) is 1. The fourth-order valence-electron chi connectivity index (χ4n) is 3.40. The van der Waals surface area contributed by atoms with E-state index in [9.17, 15) is 9.90 Å². The van der Waals surface area contributed by atoms with Crippen molar-refractivity contribution >= 4 is 5.91 Å². The number of aromatic nitrogens is 3. The minimum Gasteiger partial charge on any atom is -0.505 e. The monoisotopic (exact) mass is 314 g/mol. The van der Waals surface area contributed by atoms with Crippen molar-refractivity contribution in [2.24, 2.45) is 0 Å². The second kappa shape index (κ2) is 6.40. The maximum atomic E-state index is 13.0. The zero-order chi connectivity index (χ0) is 16.4. The van der Waals surface area contributed by atoms with Gasteiger partial charge in [0.25, 0.3) is 5.91 Å². The van der Waals surface area contributed by atoms with Crippen LogP contribution in [0.3, 0.4) is 0 Å². The molecule has 122 valence electrons. The largest absolute Gasteiger partial charge is 0.505 e. The Kier molecular flexibility index (Phi) is 4.32. The molecular formula is C17H22N4O2. The summed E-state index contributed by atoms with van der Waals surface area (Å²) in [5, 5.41) is 17.3. The van der Waals surface area contributed by atoms with Gasteiger partial charge in [0.2, 0.25) is 0 Å². The number of nitrogens with zero attached hydrogens (tertiary/aromatic N) is 3. The second-order valence-electron chi connectivity index (χ2n) is 6.08. The predicted octanol–water partition coefficient (Wildman–Crippen LogP) is 2.88. The van der Waals surface area contributed by atoms with E-state index < -0.39 is 0 Å². The fourth-order valence-corrected chi connectivity index (χ4v) is 3.40. The van der Waals surface area contributed by atoms with Gasteiger partial charge in [0.15, 0.2) is 5.69 Å². The standard InChI is InChI=1S/C17H22N4O2/c1-11-15(12(2)20-19-11)13-7-4-3-5-10-21(13)17(23)16-14(22)8-6-9-18-16/h6,8-9,13,22H,3-5,7,10H2,1-2H3,(H,19,20)/t13-/m1/s1. The maximum absolute atomic E-state index is 13.0. The van der Waals surface area contributed by atoms with Crippen LogP contribution in [0.25, 0.3) is 0 Å². The molecule has 1 saturated heterocycles. The van der Waals surface area contributed by atoms with Crippen LogP contribution in [0.15, 0.2) is 18.3 Å². The number of hydrogen-bond acceptors (Lipinski definition) is 4. The number of aromatic amines is 1. The summed E-state index contributed by atoms with van der Waals surface area (Å²) in [6, 6.07) is 3.10. The Balaban J connectivity index is 2.00. The van der Waals surface area contributed by atoms with Gasteiger partial charge in [0.1, 0.15) is 5.75 Å². The van der Waals surface area contributed by atoms with E-state index in [0.717, 1.165) is 42.6 Å². The van der Waals surface area contributed by atoms with Crippen LogP contribution in [0.5, 0.6) is 5.75 Å². The van der Waals surface area contributed by atoms with Gasteiger partial charge in [-0.15, -0.1) is 0 Å². The van der Waals surface area contributed by atoms with Crippen LogP contribution < -0.4 is 0 Å². The summed E-state index contributed by atoms with van der Waals surface area (Å²) in [6.45, 7) is 4.62. The van der Waals surface area contributed by atoms with Crippen LogP contribution in [0, 0.1) is 13.8 Å². The molecule has 1 fully saturated rings. The average molecular weight is 314 g/mol. The maximum Gasteiger partial charge on any atom is 0.276 e. The van der Waals surface area contributed by atoms with Gasteiger partial charge in [0, 0.05) is 24.0 Å². The number of rotatable bonds is 2. The molecule has 2 aromatic heterocycles. The van der Waals surface area contributed by atoms with Crippen LogP contribution in [0.1, 0.15) is 59.2 Å². The number of amides is 1. The molecule has 3 rings (SSSR count). The van der Waals surface area contributed by atoms with E-state index in [1.54, 1.807) is 6.07 Å². The van der Waals surface area contributed by atoms with E-state index in [1.807, 2.05) is 18.7 Å². The summed E-state index contributed by atoms with van der Waals surface area (Å²) in [5.74, 6) is -0.281. The Bertz CT molecular complexity index is 691. The third-order valence-electron chi connectivity index (χ3n) is 4.52. The van der Waals surface area contributed by atoms with Gasteiger partial charge in [-0.1, -0.05) is 12.8 Å². The first kappa shape index (κ1) is 15.5. The van der Waals surface area contributed by atoms with E-state index in [-0.39, 0.29) is 23.4 Å². The minimum atomic E-state index is -0.213. The van der Waals surface area contributed by atoms with Crippen LogP contribution in [-0.2, 0) is 0 Å². The van der Waals surface area contributed by atoms with Crippen LogP contribution >= 0.6 is 0 Å². The first-order valence-corrected chi connectivity index (χ1v) is 8.06. The van der Waals surface area contributed by atoms with Crippen molar-refractivity contribution in [2.75, 3.05) is 6.54 Å². The Labute approximate surface area is 135 Å². The Morgan fingerprint density at radius 2 is 2.17 bits per heavy atom. The van der Waals surface area contributed by atoms with Crippen molar-refractivity contribution in [1.82, 2.24) is 20.1 Å². The van der Waals surface area contributed by atoms with Gasteiger partial charge < -0.3 is 10.0 Å². The lowest BCUT2D eigenvalue weighted by Crippen LogP contribution is -2.35. The van der Waals surface area contributed by atoms with Gasteiger partial charge >= 0.3 is 0 Å². The van der Waals surface area contributed by atoms with Gasteiger partial charge in [0.05, 0.1) is 11.7 Å². The van der Waals surface area contributed by atoms with E-state index in [0.29, 0.717) is 6.54 Å². The molecule has 0 aliphatic carbocycles. The number of hydrogen-bond donors (Lipinski definition) is 2. The predicted molar refractivity (Wildman–Crippen MR) is 86.2 cm³/mol. The van der Waals surface area contributed by atoms with Crippen molar-refractivity contribution in [3.8, 4) is 5.75 Å². The van der Waals surface area contributed by atoms with Crippen LogP contribution in [0.4, 0.5) is 0 Å². The van der Waals surface area contributed by atoms with E-state index in [4.69, 9.17) is 0 Å². The van der Waals surface area contributed by atoms with E-state index in [1.165, 1.54) is 12.3 Å². The topological polar surface area (TPSA) is 82.1 Å². The SMILES string of the molecule is Cc1n[nH]c(C)c1[C@H]1CCCCCN1C(=O)c1ncccc1O. The van der Waals surface area contributed by atoms with Crippen molar-refractivity contribution in [3.63, 3.8) is 0 Å². The van der Waals surface area contributed by atoms with Crippen molar-refractivity contribution in [3.05, 3.63) is 41.0 Å². The quantitative estimate of drug-likeness (QED) is 0.893. The van der Waals surface area contributed by atoms with Gasteiger partial charge in [-0.3, -0.25) is 9.89 Å². The molecule has 0 saturated carbocycles. The Hall–Kier alpha value is -2.37. The number of nitrogens with one attached hydrogen (secondary N) is 1. The van der Waals surface area contributed by atoms with Gasteiger partial charge in [-0.2, -0.15) is 5.10 Å². The molecule has 3 heterocycles. The van der Waals surface area contributed by atoms with Crippen LogP contribution in [-0.4, -0.2) is 37.6 Å². The Morgan fingerprint density at radius 1 is 1.35 bits per heavy atom. The molecule has 1 aliphatic rings. The number of aryl methyl sites for hydroxylation is 2. The third-order valence-corrected chi connectivity index (χ3v) is 4.52. The molecule has 0 radical (unpaired) electrons. The third kappa shape index (κ3) is 2.93. The highest BCUT2D eigenvalue weighted by Crippen LogP contribution is 2.34. The van der Waals surface area contributed by atoms with Crippen molar-refractivity contribution < 1.29 is 9.90 Å². The molecule has 6 heteroatoms. The summed E-state index contributed by atoms with van der Waals surface area (Å²) in [4.78, 5) is 18.9. The first-order valence-electron chi connectivity index (χ1n) is 8.06. The fraction of sp³-hybridized carbons (Fsp3) is 0.471. The average Bonchev–Trinajstić information content (AvgIpc) is 2.75. The summed E-state index contributed by atoms with van der Waals surface area (Å²) in [6.07, 6.45) is 5.58. The number of carbonyl (C=O) groups is 1. The lowest BCUT2D eigenvalue weighted by Gasteiger charge is -2.30. The normalized spacial score (nSPS) is 18.7. The number of H-pyrrole nitrogens is 1. The molecule has 1 atom stereocenters. The highest BCUT2D eigenvalue weighted by Gasteiger charge is 2.32. The van der Waals surface area contributed by atoms with Gasteiger partial charge in [-0.25, -0.2) is 4.98 Å². The lowest BCUT2D eigenvalue weighted by atomic mass is 9.98. The van der Waals surface area contributed by atoms with E-state index >= 15 is 0 Å². The lowest BCUT2D eigenvalue weighted by molar-refractivity contribution is 0.0670. The molecule has 0 bridgehead atoms. The zero-order valence-corrected chi connectivity index (χ0v) is 13.5. The smallest absolute Gasteiger partial charge is 0.276 e. The molecule has 23 heavy (non-hydrogen) atoms. The summed E-state index contributed by atoms with van der Waals surface area (Å²) in [7, 11) is 0. The number of aromatic hydroxyl groups is 1. The molecule has 2 N–H and O–H groups in total. The molecule has 0 aromatic carbocycles. The van der Waals surface area contributed by atoms with E-state index in [2.05, 4.69) is 15.2 Å². The van der Waals surface area contributed by atoms with Crippen molar-refractivity contribution in [2.45, 2.75) is 45.6 Å². The molecule has 2 aromatic rings. The number of carbonyl (C=O) groups excluding carboxylic acids is 1. The number of pyridine rings is 1. The second-order valence-corrected chi connectivity index (χ2v) is 6.08. The van der Waals surface area contributed by atoms with Gasteiger partial charge in [-0.05, 0) is 38.8 Å².